The number of allylic oxidation sites excluding steroid dienone is 4. The predicted molar refractivity (Wildman–Crippen MR) is 296 cm³/mol. The maximum absolute atomic E-state index is 13.7. The fourth-order valence-electron chi connectivity index (χ4n) is 14.9. The lowest BCUT2D eigenvalue weighted by Gasteiger charge is -2.62. The highest BCUT2D eigenvalue weighted by Crippen LogP contribution is 2.68. The molecule has 4 saturated carbocycles. The van der Waals surface area contributed by atoms with Gasteiger partial charge in [-0.05, 0) is 163 Å². The van der Waals surface area contributed by atoms with E-state index in [1.807, 2.05) is 6.07 Å². The number of ether oxygens (including phenoxy) is 1. The van der Waals surface area contributed by atoms with E-state index in [1.54, 1.807) is 59.9 Å². The molecule has 1 aromatic carbocycles. The minimum absolute atomic E-state index is 0.0474. The van der Waals surface area contributed by atoms with E-state index in [0.717, 1.165) is 62.7 Å². The Morgan fingerprint density at radius 2 is 1.59 bits per heavy atom. The van der Waals surface area contributed by atoms with Crippen LogP contribution < -0.4 is 15.4 Å². The smallest absolute Gasteiger partial charge is 0.415 e. The number of fused-ring (bicyclic) bond motifs is 6. The number of aliphatic hydroxyl groups is 2. The zero-order valence-electron chi connectivity index (χ0n) is 47.4. The Kier molecular flexibility index (Phi) is 19.2. The van der Waals surface area contributed by atoms with Crippen molar-refractivity contribution in [1.82, 2.24) is 25.4 Å². The second-order valence-corrected chi connectivity index (χ2v) is 25.8. The van der Waals surface area contributed by atoms with Crippen LogP contribution in [0.4, 0.5) is 4.79 Å². The minimum atomic E-state index is -1.11. The number of benzene rings is 1. The number of carbonyl (C=O) groups is 7. The van der Waals surface area contributed by atoms with E-state index in [0.29, 0.717) is 75.4 Å². The molecule has 1 heterocycles. The number of ketones is 2. The Bertz CT molecular complexity index is 2740. The van der Waals surface area contributed by atoms with Crippen molar-refractivity contribution in [3.8, 4) is 11.8 Å². The van der Waals surface area contributed by atoms with Gasteiger partial charge in [0.15, 0.2) is 16.6 Å². The molecule has 4 amide bonds. The molecule has 5 aliphatic rings. The van der Waals surface area contributed by atoms with E-state index in [1.165, 1.54) is 9.80 Å². The number of nitriles is 1. The van der Waals surface area contributed by atoms with Crippen LogP contribution in [-0.4, -0.2) is 123 Å². The van der Waals surface area contributed by atoms with Crippen molar-refractivity contribution in [2.45, 2.75) is 176 Å². The van der Waals surface area contributed by atoms with Crippen LogP contribution in [0.25, 0.3) is 10.2 Å². The number of aliphatic hydroxyl groups excluding tert-OH is 2. The van der Waals surface area contributed by atoms with Crippen LogP contribution in [0, 0.1) is 63.1 Å². The number of carbonyl (C=O) groups excluding carboxylic acids is 6. The monoisotopic (exact) mass is 1100 g/mol. The number of rotatable bonds is 22. The number of aliphatic carboxylic acids is 1. The van der Waals surface area contributed by atoms with Gasteiger partial charge >= 0.3 is 12.1 Å². The maximum atomic E-state index is 13.7. The van der Waals surface area contributed by atoms with Gasteiger partial charge < -0.3 is 40.5 Å². The number of hydrogen-bond donors (Lipinski definition) is 5. The number of aromatic nitrogens is 1. The van der Waals surface area contributed by atoms with Gasteiger partial charge in [0.1, 0.15) is 17.9 Å². The fourth-order valence-corrected chi connectivity index (χ4v) is 15.7. The lowest BCUT2D eigenvalue weighted by molar-refractivity contribution is -0.174. The third-order valence-electron chi connectivity index (χ3n) is 19.5. The van der Waals surface area contributed by atoms with Crippen LogP contribution in [0.1, 0.15) is 163 Å². The molecule has 78 heavy (non-hydrogen) atoms. The standard InChI is InChI=1S/C60H84N6O11S/c1-34(41-17-18-42-52-43(22-24-60(41,42)8)59(7)23-21-39(67)29-38(59)30-46(52)68)15-20-49(70)63-45(56(74)75)13-10-11-25-62-48(69)14-12-26-66(57(76)77-40-16-19-44-47(31-40)78-50(33-61)64-44)28-27-65(9)51(71)32-58(5,6)53-37(4)54(72)35(2)36(3)55(53)73/h16,19,31,34,38-39,41-43,45-46,52,67-68H,10-15,17-18,20-30,32H2,1-9H3,(H,62,69)(H,63,70)(H,74,75)/t34?,38-,39+,41+,42-,43-,45?,46+,52-,59-,60+/m0/s1. The number of Topliss-reactive ketones (excluding diaryl/α,β-unsaturated/α-hetero) is 2. The molecule has 0 saturated heterocycles. The highest BCUT2D eigenvalue weighted by Gasteiger charge is 2.63. The quantitative estimate of drug-likeness (QED) is 0.0547. The number of likely N-dealkylation sites (N-methyl/N-ethyl adjacent to an activating group) is 1. The van der Waals surface area contributed by atoms with Crippen molar-refractivity contribution in [3.05, 3.63) is 45.5 Å². The lowest BCUT2D eigenvalue weighted by Crippen LogP contribution is -2.58. The van der Waals surface area contributed by atoms with Crippen LogP contribution in [0.5, 0.6) is 5.75 Å². The number of nitrogens with one attached hydrogen (secondary N) is 2. The van der Waals surface area contributed by atoms with Gasteiger partial charge in [-0.1, -0.05) is 34.6 Å². The largest absolute Gasteiger partial charge is 0.480 e. The highest BCUT2D eigenvalue weighted by atomic mass is 32.1. The van der Waals surface area contributed by atoms with Crippen molar-refractivity contribution >= 4 is 62.9 Å². The van der Waals surface area contributed by atoms with Crippen molar-refractivity contribution in [2.24, 2.45) is 51.8 Å². The third-order valence-corrected chi connectivity index (χ3v) is 20.4. The number of carboxylic acids is 1. The topological polar surface area (TPSA) is 257 Å². The molecule has 5 N–H and O–H groups in total. The Morgan fingerprint density at radius 3 is 2.31 bits per heavy atom. The molecule has 0 spiro atoms. The molecular formula is C60H84N6O11S. The molecule has 2 unspecified atom stereocenters. The second-order valence-electron chi connectivity index (χ2n) is 24.8. The van der Waals surface area contributed by atoms with E-state index in [4.69, 9.17) is 4.74 Å². The van der Waals surface area contributed by atoms with Crippen molar-refractivity contribution in [1.29, 1.82) is 5.26 Å². The molecule has 4 fully saturated rings. The summed E-state index contributed by atoms with van der Waals surface area (Å²) >= 11 is 1.16. The van der Waals surface area contributed by atoms with E-state index < -0.39 is 23.5 Å². The van der Waals surface area contributed by atoms with Gasteiger partial charge in [0, 0.05) is 86.3 Å². The van der Waals surface area contributed by atoms with Crippen LogP contribution in [-0.2, 0) is 28.8 Å². The van der Waals surface area contributed by atoms with Gasteiger partial charge in [0.2, 0.25) is 17.7 Å². The molecule has 18 heteroatoms. The summed E-state index contributed by atoms with van der Waals surface area (Å²) < 4.78 is 6.42. The average molecular weight is 1100 g/mol. The number of thiazole rings is 1. The number of hydrogen-bond acceptors (Lipinski definition) is 13. The Morgan fingerprint density at radius 1 is 0.885 bits per heavy atom. The number of nitrogens with zero attached hydrogens (tertiary/aromatic N) is 4. The van der Waals surface area contributed by atoms with E-state index >= 15 is 0 Å². The molecule has 0 radical (unpaired) electrons. The first kappa shape index (κ1) is 60.1. The first-order valence-electron chi connectivity index (χ1n) is 28.4. The maximum Gasteiger partial charge on any atom is 0.415 e. The Labute approximate surface area is 464 Å². The van der Waals surface area contributed by atoms with Crippen LogP contribution >= 0.6 is 11.3 Å². The van der Waals surface area contributed by atoms with Crippen LogP contribution in [0.15, 0.2) is 40.5 Å². The molecule has 11 atom stereocenters. The molecular weight excluding hydrogens is 1010 g/mol. The number of unbranched alkanes of at least 4 members (excludes halogenated alkanes) is 1. The van der Waals surface area contributed by atoms with Crippen LogP contribution in [0.3, 0.4) is 0 Å². The summed E-state index contributed by atoms with van der Waals surface area (Å²) in [6.45, 7) is 16.0. The van der Waals surface area contributed by atoms with Gasteiger partial charge in [0.05, 0.1) is 22.4 Å². The molecule has 0 bridgehead atoms. The van der Waals surface area contributed by atoms with Crippen molar-refractivity contribution in [3.63, 3.8) is 0 Å². The molecule has 0 aliphatic heterocycles. The molecule has 2 aromatic rings. The number of carboxylic acid groups (broad SMARTS) is 1. The van der Waals surface area contributed by atoms with Gasteiger partial charge in [-0.25, -0.2) is 14.6 Å². The van der Waals surface area contributed by atoms with Gasteiger partial charge in [0.25, 0.3) is 0 Å². The zero-order chi connectivity index (χ0) is 57.0. The van der Waals surface area contributed by atoms with Crippen molar-refractivity contribution in [2.75, 3.05) is 33.2 Å². The summed E-state index contributed by atoms with van der Waals surface area (Å²) in [7, 11) is 1.59. The summed E-state index contributed by atoms with van der Waals surface area (Å²) in [5.74, 6) is -0.0114. The molecule has 17 nitrogen and oxygen atoms in total. The second kappa shape index (κ2) is 24.9. The molecule has 1 aromatic heterocycles. The van der Waals surface area contributed by atoms with Gasteiger partial charge in [-0.15, -0.1) is 11.3 Å². The summed E-state index contributed by atoms with van der Waals surface area (Å²) in [5, 5.41) is 47.3. The normalized spacial score (nSPS) is 27.7. The SMILES string of the molecule is CC1=C(C)C(=O)C(C(C)(C)CC(=O)N(C)CCN(CCCC(=O)NCCCCC(NC(=O)CCC(C)[C@H]2CC[C@H]3[C@@H]4[C@H](O)C[C@@H]5C[C@H](O)CC[C@]5(C)[C@H]4CC[C@]23C)C(=O)O)C(=O)Oc2ccc3nc(C#N)sc3c2)=C(C)C1=O. The van der Waals surface area contributed by atoms with E-state index in [2.05, 4.69) is 36.4 Å². The first-order chi connectivity index (χ1) is 36.8. The van der Waals surface area contributed by atoms with Gasteiger partial charge in [-0.2, -0.15) is 5.26 Å². The van der Waals surface area contributed by atoms with E-state index in [9.17, 15) is 54.1 Å². The molecule has 426 valence electrons. The Balaban J connectivity index is 0.849. The average Bonchev–Trinajstić information content (AvgIpc) is 3.66. The molecule has 5 aliphatic carbocycles. The Hall–Kier alpha value is -5.51. The fraction of sp³-hybridized carbons (Fsp3) is 0.683. The van der Waals surface area contributed by atoms with Crippen molar-refractivity contribution < 1.29 is 53.6 Å². The predicted octanol–water partition coefficient (Wildman–Crippen LogP) is 8.69. The van der Waals surface area contributed by atoms with Crippen LogP contribution in [0.2, 0.25) is 0 Å². The molecule has 7 rings (SSSR count). The summed E-state index contributed by atoms with van der Waals surface area (Å²) in [5.41, 5.74) is 1.25. The number of amides is 4. The summed E-state index contributed by atoms with van der Waals surface area (Å²) in [6.07, 6.45) is 8.69. The van der Waals surface area contributed by atoms with E-state index in [-0.39, 0.29) is 133 Å². The highest BCUT2D eigenvalue weighted by molar-refractivity contribution is 7.19. The third kappa shape index (κ3) is 13.1. The summed E-state index contributed by atoms with van der Waals surface area (Å²) in [4.78, 5) is 99.4. The zero-order valence-corrected chi connectivity index (χ0v) is 48.2. The lowest BCUT2D eigenvalue weighted by atomic mass is 9.43. The first-order valence-corrected chi connectivity index (χ1v) is 29.3. The summed E-state index contributed by atoms with van der Waals surface area (Å²) in [6, 6.07) is 5.80. The minimum Gasteiger partial charge on any atom is -0.480 e. The van der Waals surface area contributed by atoms with Gasteiger partial charge in [-0.3, -0.25) is 24.0 Å².